The van der Waals surface area contributed by atoms with Crippen molar-refractivity contribution in [3.63, 3.8) is 0 Å². The second-order valence-corrected chi connectivity index (χ2v) is 7.92. The van der Waals surface area contributed by atoms with E-state index in [0.717, 1.165) is 39.0 Å². The Kier molecular flexibility index (Phi) is 6.36. The number of rotatable bonds is 6. The number of hydrogen-bond donors (Lipinski definition) is 0. The number of fused-ring (bicyclic) bond motifs is 1. The first-order valence-electron chi connectivity index (χ1n) is 9.64. The predicted octanol–water partition coefficient (Wildman–Crippen LogP) is 3.24. The summed E-state index contributed by atoms with van der Waals surface area (Å²) in [6.07, 6.45) is 12.5. The lowest BCUT2D eigenvalue weighted by molar-refractivity contribution is -0.125. The molecule has 1 heterocycles. The lowest BCUT2D eigenvalue weighted by atomic mass is 9.71. The lowest BCUT2D eigenvalue weighted by Crippen LogP contribution is -2.57. The zero-order valence-electron chi connectivity index (χ0n) is 15.1. The molecule has 23 heavy (non-hydrogen) atoms. The van der Waals surface area contributed by atoms with Crippen LogP contribution in [0.5, 0.6) is 0 Å². The molecule has 3 rings (SSSR count). The zero-order chi connectivity index (χ0) is 16.1. The molecule has 4 heteroatoms. The maximum absolute atomic E-state index is 6.09. The van der Waals surface area contributed by atoms with Crippen LogP contribution in [0.1, 0.15) is 57.8 Å². The SMILES string of the molecule is COCCC1(CN2CCO[C@@H]3CC[C@H](OC)C[C@H]32)CCCCC1. The van der Waals surface area contributed by atoms with Crippen LogP contribution in [0, 0.1) is 5.41 Å². The molecule has 0 aromatic heterocycles. The molecule has 3 fully saturated rings. The molecular weight excluding hydrogens is 290 g/mol. The van der Waals surface area contributed by atoms with Crippen molar-refractivity contribution < 1.29 is 14.2 Å². The molecule has 2 aliphatic carbocycles. The van der Waals surface area contributed by atoms with Gasteiger partial charge in [-0.05, 0) is 43.9 Å². The van der Waals surface area contributed by atoms with Crippen LogP contribution in [0.2, 0.25) is 0 Å². The molecule has 3 aliphatic rings. The van der Waals surface area contributed by atoms with Gasteiger partial charge in [-0.3, -0.25) is 4.90 Å². The van der Waals surface area contributed by atoms with Gasteiger partial charge in [-0.25, -0.2) is 0 Å². The lowest BCUT2D eigenvalue weighted by Gasteiger charge is -2.50. The Morgan fingerprint density at radius 2 is 1.96 bits per heavy atom. The van der Waals surface area contributed by atoms with Gasteiger partial charge in [-0.15, -0.1) is 0 Å². The highest BCUT2D eigenvalue weighted by molar-refractivity contribution is 4.95. The largest absolute Gasteiger partial charge is 0.385 e. The standard InChI is InChI=1S/C19H35NO3/c1-21-12-10-19(8-4-3-5-9-19)15-20-11-13-23-18-7-6-16(22-2)14-17(18)20/h16-18H,3-15H2,1-2H3/t16-,17+,18+/m0/s1. The molecule has 1 aliphatic heterocycles. The fourth-order valence-corrected chi connectivity index (χ4v) is 5.10. The van der Waals surface area contributed by atoms with Gasteiger partial charge in [0.2, 0.25) is 0 Å². The molecule has 0 bridgehead atoms. The first kappa shape index (κ1) is 17.7. The van der Waals surface area contributed by atoms with Crippen molar-refractivity contribution in [1.82, 2.24) is 4.90 Å². The van der Waals surface area contributed by atoms with E-state index in [9.17, 15) is 0 Å². The molecule has 0 spiro atoms. The summed E-state index contributed by atoms with van der Waals surface area (Å²) in [4.78, 5) is 2.75. The highest BCUT2D eigenvalue weighted by Gasteiger charge is 2.42. The molecule has 0 unspecified atom stereocenters. The monoisotopic (exact) mass is 325 g/mol. The van der Waals surface area contributed by atoms with Gasteiger partial charge in [-0.2, -0.15) is 0 Å². The highest BCUT2D eigenvalue weighted by Crippen LogP contribution is 2.42. The third-order valence-corrected chi connectivity index (χ3v) is 6.51. The minimum absolute atomic E-state index is 0.418. The van der Waals surface area contributed by atoms with Gasteiger partial charge in [0.05, 0.1) is 18.8 Å². The van der Waals surface area contributed by atoms with Gasteiger partial charge in [0.1, 0.15) is 0 Å². The summed E-state index contributed by atoms with van der Waals surface area (Å²) in [7, 11) is 3.70. The third kappa shape index (κ3) is 4.28. The van der Waals surface area contributed by atoms with E-state index >= 15 is 0 Å². The van der Waals surface area contributed by atoms with Gasteiger partial charge in [0, 0.05) is 40.0 Å². The third-order valence-electron chi connectivity index (χ3n) is 6.51. The summed E-state index contributed by atoms with van der Waals surface area (Å²) in [6.45, 7) is 4.13. The Labute approximate surface area is 141 Å². The van der Waals surface area contributed by atoms with E-state index in [4.69, 9.17) is 14.2 Å². The minimum Gasteiger partial charge on any atom is -0.385 e. The molecule has 0 aromatic rings. The predicted molar refractivity (Wildman–Crippen MR) is 91.8 cm³/mol. The minimum atomic E-state index is 0.418. The number of morpholine rings is 1. The molecule has 0 amide bonds. The molecule has 134 valence electrons. The van der Waals surface area contributed by atoms with Crippen LogP contribution in [-0.2, 0) is 14.2 Å². The van der Waals surface area contributed by atoms with Gasteiger partial charge < -0.3 is 14.2 Å². The van der Waals surface area contributed by atoms with Crippen molar-refractivity contribution in [3.8, 4) is 0 Å². The summed E-state index contributed by atoms with van der Waals surface area (Å²) in [5.41, 5.74) is 0.468. The smallest absolute Gasteiger partial charge is 0.0732 e. The van der Waals surface area contributed by atoms with E-state index in [1.165, 1.54) is 45.1 Å². The zero-order valence-corrected chi connectivity index (χ0v) is 15.1. The van der Waals surface area contributed by atoms with E-state index in [0.29, 0.717) is 23.7 Å². The van der Waals surface area contributed by atoms with Crippen LogP contribution < -0.4 is 0 Å². The van der Waals surface area contributed by atoms with E-state index in [-0.39, 0.29) is 0 Å². The van der Waals surface area contributed by atoms with E-state index in [1.807, 2.05) is 14.2 Å². The average Bonchev–Trinajstić information content (AvgIpc) is 2.61. The number of nitrogens with zero attached hydrogens (tertiary/aromatic N) is 1. The van der Waals surface area contributed by atoms with Crippen LogP contribution in [0.4, 0.5) is 0 Å². The van der Waals surface area contributed by atoms with Crippen LogP contribution in [0.3, 0.4) is 0 Å². The Morgan fingerprint density at radius 3 is 2.70 bits per heavy atom. The van der Waals surface area contributed by atoms with Crippen molar-refractivity contribution in [2.45, 2.75) is 76.0 Å². The molecule has 4 nitrogen and oxygen atoms in total. The summed E-state index contributed by atoms with van der Waals surface area (Å²) in [5, 5.41) is 0. The van der Waals surface area contributed by atoms with E-state index in [2.05, 4.69) is 4.90 Å². The summed E-state index contributed by atoms with van der Waals surface area (Å²) >= 11 is 0. The summed E-state index contributed by atoms with van der Waals surface area (Å²) in [6, 6.07) is 0.559. The van der Waals surface area contributed by atoms with Crippen LogP contribution in [-0.4, -0.2) is 63.7 Å². The molecule has 0 aromatic carbocycles. The first-order chi connectivity index (χ1) is 11.3. The van der Waals surface area contributed by atoms with E-state index in [1.54, 1.807) is 0 Å². The average molecular weight is 325 g/mol. The highest BCUT2D eigenvalue weighted by atomic mass is 16.5. The Morgan fingerprint density at radius 1 is 1.13 bits per heavy atom. The Bertz CT molecular complexity index is 357. The molecular formula is C19H35NO3. The molecule has 1 saturated heterocycles. The number of hydrogen-bond acceptors (Lipinski definition) is 4. The van der Waals surface area contributed by atoms with Crippen molar-refractivity contribution in [1.29, 1.82) is 0 Å². The number of methoxy groups -OCH3 is 2. The van der Waals surface area contributed by atoms with Crippen molar-refractivity contribution in [3.05, 3.63) is 0 Å². The second-order valence-electron chi connectivity index (χ2n) is 7.92. The van der Waals surface area contributed by atoms with Crippen LogP contribution >= 0.6 is 0 Å². The van der Waals surface area contributed by atoms with Crippen molar-refractivity contribution >= 4 is 0 Å². The van der Waals surface area contributed by atoms with Crippen LogP contribution in [0.15, 0.2) is 0 Å². The van der Waals surface area contributed by atoms with E-state index < -0.39 is 0 Å². The fraction of sp³-hybridized carbons (Fsp3) is 1.00. The van der Waals surface area contributed by atoms with Crippen LogP contribution in [0.25, 0.3) is 0 Å². The molecule has 0 N–H and O–H groups in total. The molecule has 3 atom stereocenters. The second kappa shape index (κ2) is 8.28. The van der Waals surface area contributed by atoms with Gasteiger partial charge in [-0.1, -0.05) is 19.3 Å². The Hall–Kier alpha value is -0.160. The normalized spacial score (nSPS) is 35.0. The summed E-state index contributed by atoms with van der Waals surface area (Å²) < 4.78 is 17.2. The van der Waals surface area contributed by atoms with Gasteiger partial charge >= 0.3 is 0 Å². The van der Waals surface area contributed by atoms with Gasteiger partial charge in [0.25, 0.3) is 0 Å². The maximum Gasteiger partial charge on any atom is 0.0732 e. The van der Waals surface area contributed by atoms with Crippen molar-refractivity contribution in [2.75, 3.05) is 40.5 Å². The Balaban J connectivity index is 1.67. The first-order valence-corrected chi connectivity index (χ1v) is 9.64. The molecule has 0 radical (unpaired) electrons. The number of ether oxygens (including phenoxy) is 3. The fourth-order valence-electron chi connectivity index (χ4n) is 5.10. The van der Waals surface area contributed by atoms with Crippen molar-refractivity contribution in [2.24, 2.45) is 5.41 Å². The van der Waals surface area contributed by atoms with Gasteiger partial charge in [0.15, 0.2) is 0 Å². The maximum atomic E-state index is 6.09. The quantitative estimate of drug-likeness (QED) is 0.750. The summed E-state index contributed by atoms with van der Waals surface area (Å²) in [5.74, 6) is 0. The topological polar surface area (TPSA) is 30.9 Å². The molecule has 2 saturated carbocycles.